The van der Waals surface area contributed by atoms with Gasteiger partial charge in [0, 0.05) is 12.6 Å². The second kappa shape index (κ2) is 4.02. The lowest BCUT2D eigenvalue weighted by Gasteiger charge is -2.35. The third-order valence-corrected chi connectivity index (χ3v) is 2.71. The van der Waals surface area contributed by atoms with Crippen molar-refractivity contribution in [1.82, 2.24) is 9.97 Å². The highest BCUT2D eigenvalue weighted by Gasteiger charge is 2.25. The zero-order valence-corrected chi connectivity index (χ0v) is 9.65. The Morgan fingerprint density at radius 2 is 2.07 bits per heavy atom. The molecular weight excluding hydrogens is 192 g/mol. The molecule has 0 spiro atoms. The van der Waals surface area contributed by atoms with Gasteiger partial charge in [0.25, 0.3) is 0 Å². The maximum absolute atomic E-state index is 9.27. The van der Waals surface area contributed by atoms with Gasteiger partial charge in [-0.25, -0.2) is 9.97 Å². The SMILES string of the molecule is Cc1c(N)ncnc1N(C)C(C)(C)CO. The van der Waals surface area contributed by atoms with Crippen LogP contribution in [0.2, 0.25) is 0 Å². The van der Waals surface area contributed by atoms with Crippen LogP contribution in [0.25, 0.3) is 0 Å². The van der Waals surface area contributed by atoms with E-state index in [9.17, 15) is 5.11 Å². The zero-order chi connectivity index (χ0) is 11.6. The number of hydrogen-bond acceptors (Lipinski definition) is 5. The minimum absolute atomic E-state index is 0.0485. The van der Waals surface area contributed by atoms with Crippen molar-refractivity contribution in [2.24, 2.45) is 0 Å². The topological polar surface area (TPSA) is 75.3 Å². The maximum atomic E-state index is 9.27. The highest BCUT2D eigenvalue weighted by atomic mass is 16.3. The third kappa shape index (κ3) is 2.18. The van der Waals surface area contributed by atoms with Crippen LogP contribution in [0.3, 0.4) is 0 Å². The van der Waals surface area contributed by atoms with Crippen LogP contribution in [0.1, 0.15) is 19.4 Å². The van der Waals surface area contributed by atoms with Crippen LogP contribution in [0.4, 0.5) is 11.6 Å². The summed E-state index contributed by atoms with van der Waals surface area (Å²) in [5, 5.41) is 9.27. The van der Waals surface area contributed by atoms with E-state index in [-0.39, 0.29) is 12.1 Å². The van der Waals surface area contributed by atoms with Gasteiger partial charge >= 0.3 is 0 Å². The van der Waals surface area contributed by atoms with Crippen molar-refractivity contribution in [3.63, 3.8) is 0 Å². The van der Waals surface area contributed by atoms with Gasteiger partial charge in [0.05, 0.1) is 12.1 Å². The molecule has 0 saturated carbocycles. The van der Waals surface area contributed by atoms with Gasteiger partial charge in [0.15, 0.2) is 0 Å². The number of anilines is 2. The van der Waals surface area contributed by atoms with E-state index in [1.54, 1.807) is 0 Å². The van der Waals surface area contributed by atoms with E-state index in [0.29, 0.717) is 5.82 Å². The van der Waals surface area contributed by atoms with Crippen molar-refractivity contribution in [2.45, 2.75) is 26.3 Å². The smallest absolute Gasteiger partial charge is 0.137 e. The van der Waals surface area contributed by atoms with E-state index in [1.807, 2.05) is 32.7 Å². The Balaban J connectivity index is 3.12. The molecule has 0 aliphatic rings. The van der Waals surface area contributed by atoms with E-state index in [2.05, 4.69) is 9.97 Å². The lowest BCUT2D eigenvalue weighted by atomic mass is 10.0. The van der Waals surface area contributed by atoms with Crippen molar-refractivity contribution >= 4 is 11.6 Å². The second-order valence-corrected chi connectivity index (χ2v) is 4.24. The number of aliphatic hydroxyl groups is 1. The molecule has 0 fully saturated rings. The normalized spacial score (nSPS) is 11.5. The Morgan fingerprint density at radius 1 is 1.47 bits per heavy atom. The first-order valence-corrected chi connectivity index (χ1v) is 4.82. The van der Waals surface area contributed by atoms with E-state index in [1.165, 1.54) is 6.33 Å². The van der Waals surface area contributed by atoms with E-state index < -0.39 is 0 Å². The maximum Gasteiger partial charge on any atom is 0.137 e. The molecule has 5 heteroatoms. The number of nitrogens with zero attached hydrogens (tertiary/aromatic N) is 3. The van der Waals surface area contributed by atoms with Crippen molar-refractivity contribution in [3.05, 3.63) is 11.9 Å². The number of hydrogen-bond donors (Lipinski definition) is 2. The average Bonchev–Trinajstić information content (AvgIpc) is 2.21. The van der Waals surface area contributed by atoms with Crippen molar-refractivity contribution in [2.75, 3.05) is 24.3 Å². The minimum atomic E-state index is -0.369. The van der Waals surface area contributed by atoms with E-state index in [0.717, 1.165) is 11.4 Å². The Morgan fingerprint density at radius 3 is 2.60 bits per heavy atom. The van der Waals surface area contributed by atoms with Crippen LogP contribution in [0, 0.1) is 6.92 Å². The molecule has 1 aromatic rings. The summed E-state index contributed by atoms with van der Waals surface area (Å²) >= 11 is 0. The van der Waals surface area contributed by atoms with Gasteiger partial charge in [0.2, 0.25) is 0 Å². The Kier molecular flexibility index (Phi) is 3.14. The molecule has 84 valence electrons. The molecule has 0 bridgehead atoms. The third-order valence-electron chi connectivity index (χ3n) is 2.71. The van der Waals surface area contributed by atoms with Crippen LogP contribution >= 0.6 is 0 Å². The first-order valence-electron chi connectivity index (χ1n) is 4.82. The molecule has 1 rings (SSSR count). The lowest BCUT2D eigenvalue weighted by Crippen LogP contribution is -2.45. The second-order valence-electron chi connectivity index (χ2n) is 4.24. The summed E-state index contributed by atoms with van der Waals surface area (Å²) < 4.78 is 0. The molecular formula is C10H18N4O. The molecule has 0 amide bonds. The molecule has 0 aromatic carbocycles. The molecule has 0 atom stereocenters. The fourth-order valence-electron chi connectivity index (χ4n) is 1.18. The average molecular weight is 210 g/mol. The lowest BCUT2D eigenvalue weighted by molar-refractivity contribution is 0.215. The molecule has 3 N–H and O–H groups in total. The molecule has 5 nitrogen and oxygen atoms in total. The summed E-state index contributed by atoms with van der Waals surface area (Å²) in [5.74, 6) is 1.22. The van der Waals surface area contributed by atoms with Crippen LogP contribution < -0.4 is 10.6 Å². The molecule has 15 heavy (non-hydrogen) atoms. The minimum Gasteiger partial charge on any atom is -0.394 e. The Bertz CT molecular complexity index is 351. The summed E-state index contributed by atoms with van der Waals surface area (Å²) in [6.07, 6.45) is 1.43. The van der Waals surface area contributed by atoms with Gasteiger partial charge in [-0.1, -0.05) is 0 Å². The molecule has 1 heterocycles. The van der Waals surface area contributed by atoms with E-state index in [4.69, 9.17) is 5.73 Å². The number of aliphatic hydroxyl groups excluding tert-OH is 1. The number of nitrogens with two attached hydrogens (primary N) is 1. The van der Waals surface area contributed by atoms with Crippen LogP contribution in [-0.2, 0) is 0 Å². The molecule has 0 unspecified atom stereocenters. The quantitative estimate of drug-likeness (QED) is 0.763. The summed E-state index contributed by atoms with van der Waals surface area (Å²) in [6, 6.07) is 0. The van der Waals surface area contributed by atoms with Gasteiger partial charge in [-0.05, 0) is 20.8 Å². The first-order chi connectivity index (χ1) is 6.90. The summed E-state index contributed by atoms with van der Waals surface area (Å²) in [6.45, 7) is 5.79. The number of aromatic nitrogens is 2. The fourth-order valence-corrected chi connectivity index (χ4v) is 1.18. The first kappa shape index (κ1) is 11.7. The molecule has 0 aliphatic heterocycles. The highest BCUT2D eigenvalue weighted by Crippen LogP contribution is 2.24. The molecule has 0 aliphatic carbocycles. The van der Waals surface area contributed by atoms with Crippen LogP contribution in [0.15, 0.2) is 6.33 Å². The Labute approximate surface area is 90.0 Å². The number of nitrogen functional groups attached to an aromatic ring is 1. The highest BCUT2D eigenvalue weighted by molar-refractivity contribution is 5.56. The molecule has 0 radical (unpaired) electrons. The molecule has 1 aromatic heterocycles. The van der Waals surface area contributed by atoms with Gasteiger partial charge in [-0.2, -0.15) is 0 Å². The predicted molar refractivity (Wildman–Crippen MR) is 60.7 cm³/mol. The van der Waals surface area contributed by atoms with E-state index >= 15 is 0 Å². The fraction of sp³-hybridized carbons (Fsp3) is 0.600. The Hall–Kier alpha value is -1.36. The number of rotatable bonds is 3. The van der Waals surface area contributed by atoms with Gasteiger partial charge < -0.3 is 15.7 Å². The summed E-state index contributed by atoms with van der Waals surface area (Å²) in [4.78, 5) is 9.99. The van der Waals surface area contributed by atoms with Crippen molar-refractivity contribution in [3.8, 4) is 0 Å². The van der Waals surface area contributed by atoms with Crippen molar-refractivity contribution < 1.29 is 5.11 Å². The van der Waals surface area contributed by atoms with Gasteiger partial charge in [-0.15, -0.1) is 0 Å². The standard InChI is InChI=1S/C10H18N4O/c1-7-8(11)12-6-13-9(7)14(4)10(2,3)5-15/h6,15H,5H2,1-4H3,(H2,11,12,13). The monoisotopic (exact) mass is 210 g/mol. The van der Waals surface area contributed by atoms with Crippen molar-refractivity contribution in [1.29, 1.82) is 0 Å². The number of likely N-dealkylation sites (N-methyl/N-ethyl adjacent to an activating group) is 1. The zero-order valence-electron chi connectivity index (χ0n) is 9.65. The largest absolute Gasteiger partial charge is 0.394 e. The van der Waals surface area contributed by atoms with Gasteiger partial charge in [-0.3, -0.25) is 0 Å². The molecule has 0 saturated heterocycles. The predicted octanol–water partition coefficient (Wildman–Crippen LogP) is 0.574. The summed E-state index contributed by atoms with van der Waals surface area (Å²) in [5.41, 5.74) is 6.17. The van der Waals surface area contributed by atoms with Crippen LogP contribution in [-0.4, -0.2) is 34.3 Å². The summed E-state index contributed by atoms with van der Waals surface area (Å²) in [7, 11) is 1.88. The van der Waals surface area contributed by atoms with Gasteiger partial charge in [0.1, 0.15) is 18.0 Å². The van der Waals surface area contributed by atoms with Crippen LogP contribution in [0.5, 0.6) is 0 Å².